The Kier molecular flexibility index (Phi) is 3.52. The van der Waals surface area contributed by atoms with Gasteiger partial charge in [-0.3, -0.25) is 0 Å². The van der Waals surface area contributed by atoms with Crippen LogP contribution in [0.2, 0.25) is 0 Å². The Labute approximate surface area is 91.0 Å². The highest BCUT2D eigenvalue weighted by atomic mass is 32.2. The molecule has 84 valence electrons. The molecule has 0 aliphatic rings. The predicted octanol–water partition coefficient (Wildman–Crippen LogP) is 2.23. The second-order valence-electron chi connectivity index (χ2n) is 4.30. The van der Waals surface area contributed by atoms with Crippen LogP contribution in [0, 0.1) is 0 Å². The summed E-state index contributed by atoms with van der Waals surface area (Å²) in [6.07, 6.45) is 0. The summed E-state index contributed by atoms with van der Waals surface area (Å²) in [5, 5.41) is 0. The van der Waals surface area contributed by atoms with Gasteiger partial charge in [0.1, 0.15) is 0 Å². The van der Waals surface area contributed by atoms with E-state index in [1.54, 1.807) is 30.3 Å². The van der Waals surface area contributed by atoms with E-state index in [2.05, 4.69) is 0 Å². The minimum Gasteiger partial charge on any atom is -0.360 e. The van der Waals surface area contributed by atoms with E-state index < -0.39 is 15.4 Å². The molecule has 0 aliphatic carbocycles. The molecule has 0 spiro atoms. The van der Waals surface area contributed by atoms with Crippen LogP contribution in [0.25, 0.3) is 0 Å². The zero-order valence-electron chi connectivity index (χ0n) is 9.23. The van der Waals surface area contributed by atoms with E-state index >= 15 is 0 Å². The van der Waals surface area contributed by atoms with Gasteiger partial charge in [0.2, 0.25) is 9.84 Å². The Bertz CT molecular complexity index is 401. The molecular formula is C11H16O3S. The van der Waals surface area contributed by atoms with E-state index in [1.807, 2.05) is 20.8 Å². The molecule has 0 unspecified atom stereocenters. The lowest BCUT2D eigenvalue weighted by atomic mass is 10.2. The van der Waals surface area contributed by atoms with Crippen LogP contribution in [0.3, 0.4) is 0 Å². The van der Waals surface area contributed by atoms with Crippen LogP contribution in [0.5, 0.6) is 0 Å². The molecular weight excluding hydrogens is 212 g/mol. The third-order valence-corrected chi connectivity index (χ3v) is 3.17. The van der Waals surface area contributed by atoms with Crippen molar-refractivity contribution in [2.75, 3.05) is 5.94 Å². The van der Waals surface area contributed by atoms with Crippen molar-refractivity contribution in [3.8, 4) is 0 Å². The molecule has 15 heavy (non-hydrogen) atoms. The first-order chi connectivity index (χ1) is 6.81. The lowest BCUT2D eigenvalue weighted by molar-refractivity contribution is 0.0254. The van der Waals surface area contributed by atoms with Crippen molar-refractivity contribution in [2.24, 2.45) is 0 Å². The molecule has 0 radical (unpaired) electrons. The van der Waals surface area contributed by atoms with Crippen LogP contribution < -0.4 is 0 Å². The molecule has 0 aliphatic heterocycles. The summed E-state index contributed by atoms with van der Waals surface area (Å²) < 4.78 is 28.8. The average molecular weight is 228 g/mol. The SMILES string of the molecule is CC(C)(C)OCS(=O)(=O)c1ccccc1. The maximum atomic E-state index is 11.8. The molecule has 0 amide bonds. The number of hydrogen-bond donors (Lipinski definition) is 0. The van der Waals surface area contributed by atoms with Crippen molar-refractivity contribution in [2.45, 2.75) is 31.3 Å². The fraction of sp³-hybridized carbons (Fsp3) is 0.455. The van der Waals surface area contributed by atoms with E-state index in [-0.39, 0.29) is 5.94 Å². The monoisotopic (exact) mass is 228 g/mol. The van der Waals surface area contributed by atoms with Crippen LogP contribution in [0.15, 0.2) is 35.2 Å². The van der Waals surface area contributed by atoms with E-state index in [0.717, 1.165) is 0 Å². The second-order valence-corrected chi connectivity index (χ2v) is 6.24. The van der Waals surface area contributed by atoms with Crippen LogP contribution in [-0.2, 0) is 14.6 Å². The number of rotatable bonds is 3. The fourth-order valence-electron chi connectivity index (χ4n) is 0.950. The standard InChI is InChI=1S/C11H16O3S/c1-11(2,3)14-9-15(12,13)10-7-5-4-6-8-10/h4-8H,9H2,1-3H3. The summed E-state index contributed by atoms with van der Waals surface area (Å²) in [7, 11) is -3.32. The van der Waals surface area contributed by atoms with Gasteiger partial charge >= 0.3 is 0 Å². The van der Waals surface area contributed by atoms with Gasteiger partial charge in [-0.25, -0.2) is 8.42 Å². The molecule has 1 rings (SSSR count). The van der Waals surface area contributed by atoms with Gasteiger partial charge in [-0.1, -0.05) is 18.2 Å². The highest BCUT2D eigenvalue weighted by molar-refractivity contribution is 7.91. The van der Waals surface area contributed by atoms with E-state index in [0.29, 0.717) is 4.90 Å². The second kappa shape index (κ2) is 4.33. The van der Waals surface area contributed by atoms with Gasteiger partial charge in [-0.15, -0.1) is 0 Å². The molecule has 0 aromatic heterocycles. The van der Waals surface area contributed by atoms with Crippen molar-refractivity contribution in [1.29, 1.82) is 0 Å². The van der Waals surface area contributed by atoms with Gasteiger partial charge in [-0.2, -0.15) is 0 Å². The van der Waals surface area contributed by atoms with Gasteiger partial charge < -0.3 is 4.74 Å². The van der Waals surface area contributed by atoms with Crippen LogP contribution in [-0.4, -0.2) is 20.0 Å². The van der Waals surface area contributed by atoms with E-state index in [4.69, 9.17) is 4.74 Å². The van der Waals surface area contributed by atoms with Gasteiger partial charge in [0, 0.05) is 0 Å². The minimum absolute atomic E-state index is 0.277. The number of benzene rings is 1. The molecule has 0 saturated carbocycles. The number of sulfone groups is 1. The van der Waals surface area contributed by atoms with Crippen molar-refractivity contribution in [1.82, 2.24) is 0 Å². The maximum Gasteiger partial charge on any atom is 0.202 e. The number of ether oxygens (including phenoxy) is 1. The summed E-state index contributed by atoms with van der Waals surface area (Å²) in [4.78, 5) is 0.300. The van der Waals surface area contributed by atoms with Gasteiger partial charge in [0.25, 0.3) is 0 Å². The van der Waals surface area contributed by atoms with E-state index in [1.165, 1.54) is 0 Å². The summed E-state index contributed by atoms with van der Waals surface area (Å²) in [6, 6.07) is 8.32. The normalized spacial score (nSPS) is 12.7. The van der Waals surface area contributed by atoms with Gasteiger partial charge in [0.15, 0.2) is 5.94 Å². The van der Waals surface area contributed by atoms with Crippen molar-refractivity contribution >= 4 is 9.84 Å². The van der Waals surface area contributed by atoms with Crippen LogP contribution >= 0.6 is 0 Å². The van der Waals surface area contributed by atoms with Crippen molar-refractivity contribution in [3.05, 3.63) is 30.3 Å². The topological polar surface area (TPSA) is 43.4 Å². The maximum absolute atomic E-state index is 11.8. The Morgan fingerprint density at radius 2 is 1.67 bits per heavy atom. The Morgan fingerprint density at radius 3 is 2.13 bits per heavy atom. The first-order valence-electron chi connectivity index (χ1n) is 4.73. The molecule has 0 N–H and O–H groups in total. The van der Waals surface area contributed by atoms with Crippen molar-refractivity contribution in [3.63, 3.8) is 0 Å². The molecule has 0 atom stereocenters. The van der Waals surface area contributed by atoms with Gasteiger partial charge in [0.05, 0.1) is 10.5 Å². The molecule has 0 fully saturated rings. The van der Waals surface area contributed by atoms with Crippen LogP contribution in [0.4, 0.5) is 0 Å². The third-order valence-electron chi connectivity index (χ3n) is 1.75. The smallest absolute Gasteiger partial charge is 0.202 e. The molecule has 0 heterocycles. The Morgan fingerprint density at radius 1 is 1.13 bits per heavy atom. The predicted molar refractivity (Wildman–Crippen MR) is 59.3 cm³/mol. The summed E-state index contributed by atoms with van der Waals surface area (Å²) >= 11 is 0. The first kappa shape index (κ1) is 12.2. The van der Waals surface area contributed by atoms with Crippen LogP contribution in [0.1, 0.15) is 20.8 Å². The third kappa shape index (κ3) is 4.01. The largest absolute Gasteiger partial charge is 0.360 e. The lowest BCUT2D eigenvalue weighted by Gasteiger charge is -2.19. The number of hydrogen-bond acceptors (Lipinski definition) is 3. The molecule has 0 saturated heterocycles. The molecule has 1 aromatic rings. The highest BCUT2D eigenvalue weighted by Gasteiger charge is 2.18. The molecule has 3 nitrogen and oxygen atoms in total. The first-order valence-corrected chi connectivity index (χ1v) is 6.38. The van der Waals surface area contributed by atoms with E-state index in [9.17, 15) is 8.42 Å². The summed E-state index contributed by atoms with van der Waals surface area (Å²) in [5.74, 6) is -0.277. The van der Waals surface area contributed by atoms with Gasteiger partial charge in [-0.05, 0) is 32.9 Å². The van der Waals surface area contributed by atoms with Crippen molar-refractivity contribution < 1.29 is 13.2 Å². The average Bonchev–Trinajstić information content (AvgIpc) is 2.16. The quantitative estimate of drug-likeness (QED) is 0.796. The molecule has 4 heteroatoms. The summed E-state index contributed by atoms with van der Waals surface area (Å²) in [6.45, 7) is 5.48. The Balaban J connectivity index is 2.78. The zero-order chi connectivity index (χ0) is 11.5. The highest BCUT2D eigenvalue weighted by Crippen LogP contribution is 2.14. The molecule has 0 bridgehead atoms. The fourth-order valence-corrected chi connectivity index (χ4v) is 2.17. The summed E-state index contributed by atoms with van der Waals surface area (Å²) in [5.41, 5.74) is -0.443. The zero-order valence-corrected chi connectivity index (χ0v) is 10.0. The Hall–Kier alpha value is -0.870. The minimum atomic E-state index is -3.32. The molecule has 1 aromatic carbocycles. The lowest BCUT2D eigenvalue weighted by Crippen LogP contribution is -2.23.